The Bertz CT molecular complexity index is 1290. The first-order chi connectivity index (χ1) is 15.5. The van der Waals surface area contributed by atoms with Gasteiger partial charge in [0.15, 0.2) is 5.69 Å². The SMILES string of the molecule is CCOC(=O)c1ccn(-c2ccccc2NC(=O)c2cnn(-c3ccccc3F)c2C)n1. The van der Waals surface area contributed by atoms with E-state index in [2.05, 4.69) is 15.5 Å². The summed E-state index contributed by atoms with van der Waals surface area (Å²) in [5, 5.41) is 11.3. The number of para-hydroxylation sites is 3. The summed E-state index contributed by atoms with van der Waals surface area (Å²) in [4.78, 5) is 24.9. The maximum atomic E-state index is 14.2. The standard InChI is InChI=1S/C23H20FN5O3/c1-3-32-23(31)19-12-13-28(27-19)21-11-7-5-9-18(21)26-22(30)16-14-25-29(15(16)2)20-10-6-4-8-17(20)24/h4-14H,3H2,1-2H3,(H,26,30). The van der Waals surface area contributed by atoms with Gasteiger partial charge < -0.3 is 10.1 Å². The molecule has 1 N–H and O–H groups in total. The Hall–Kier alpha value is -4.27. The average molecular weight is 433 g/mol. The molecule has 162 valence electrons. The molecule has 32 heavy (non-hydrogen) atoms. The number of nitrogens with zero attached hydrogens (tertiary/aromatic N) is 4. The maximum Gasteiger partial charge on any atom is 0.358 e. The van der Waals surface area contributed by atoms with E-state index in [1.807, 2.05) is 0 Å². The first-order valence-corrected chi connectivity index (χ1v) is 9.92. The van der Waals surface area contributed by atoms with Crippen LogP contribution in [-0.4, -0.2) is 38.0 Å². The van der Waals surface area contributed by atoms with E-state index < -0.39 is 17.7 Å². The molecule has 0 unspecified atom stereocenters. The third kappa shape index (κ3) is 4.00. The summed E-state index contributed by atoms with van der Waals surface area (Å²) >= 11 is 0. The van der Waals surface area contributed by atoms with Crippen LogP contribution in [0.25, 0.3) is 11.4 Å². The number of halogens is 1. The van der Waals surface area contributed by atoms with Crippen molar-refractivity contribution in [3.05, 3.63) is 89.8 Å². The third-order valence-corrected chi connectivity index (χ3v) is 4.81. The molecule has 0 saturated heterocycles. The highest BCUT2D eigenvalue weighted by molar-refractivity contribution is 6.06. The van der Waals surface area contributed by atoms with Crippen molar-refractivity contribution in [2.75, 3.05) is 11.9 Å². The zero-order valence-electron chi connectivity index (χ0n) is 17.4. The predicted molar refractivity (Wildman–Crippen MR) is 116 cm³/mol. The molecule has 4 rings (SSSR count). The van der Waals surface area contributed by atoms with Crippen molar-refractivity contribution in [2.45, 2.75) is 13.8 Å². The Morgan fingerprint density at radius 3 is 2.53 bits per heavy atom. The number of carbonyl (C=O) groups is 2. The number of hydrogen-bond acceptors (Lipinski definition) is 5. The maximum absolute atomic E-state index is 14.2. The van der Waals surface area contributed by atoms with Crippen LogP contribution in [0, 0.1) is 12.7 Å². The molecule has 2 aromatic carbocycles. The lowest BCUT2D eigenvalue weighted by molar-refractivity contribution is 0.0518. The van der Waals surface area contributed by atoms with Crippen molar-refractivity contribution < 1.29 is 18.7 Å². The van der Waals surface area contributed by atoms with Crippen molar-refractivity contribution in [3.63, 3.8) is 0 Å². The molecule has 4 aromatic rings. The van der Waals surface area contributed by atoms with Gasteiger partial charge in [-0.15, -0.1) is 0 Å². The van der Waals surface area contributed by atoms with Crippen molar-refractivity contribution >= 4 is 17.6 Å². The highest BCUT2D eigenvalue weighted by Gasteiger charge is 2.19. The smallest absolute Gasteiger partial charge is 0.358 e. The molecule has 0 spiro atoms. The Balaban J connectivity index is 1.61. The van der Waals surface area contributed by atoms with E-state index in [0.29, 0.717) is 22.6 Å². The van der Waals surface area contributed by atoms with E-state index in [0.717, 1.165) is 0 Å². The summed E-state index contributed by atoms with van der Waals surface area (Å²) in [6, 6.07) is 14.8. The summed E-state index contributed by atoms with van der Waals surface area (Å²) in [5.41, 5.74) is 2.26. The van der Waals surface area contributed by atoms with Crippen LogP contribution in [0.5, 0.6) is 0 Å². The molecule has 0 aliphatic heterocycles. The average Bonchev–Trinajstić information content (AvgIpc) is 3.42. The second-order valence-corrected chi connectivity index (χ2v) is 6.84. The molecule has 0 saturated carbocycles. The number of anilines is 1. The van der Waals surface area contributed by atoms with Crippen molar-refractivity contribution in [1.29, 1.82) is 0 Å². The molecule has 0 fully saturated rings. The lowest BCUT2D eigenvalue weighted by Crippen LogP contribution is -2.15. The van der Waals surface area contributed by atoms with Crippen LogP contribution in [-0.2, 0) is 4.74 Å². The zero-order valence-corrected chi connectivity index (χ0v) is 17.4. The van der Waals surface area contributed by atoms with Crippen LogP contribution in [0.15, 0.2) is 67.0 Å². The number of carbonyl (C=O) groups excluding carboxylic acids is 2. The van der Waals surface area contributed by atoms with E-state index in [1.54, 1.807) is 68.6 Å². The van der Waals surface area contributed by atoms with Gasteiger partial charge in [0.25, 0.3) is 5.91 Å². The minimum absolute atomic E-state index is 0.162. The van der Waals surface area contributed by atoms with Crippen LogP contribution in [0.2, 0.25) is 0 Å². The second kappa shape index (κ2) is 8.84. The fourth-order valence-electron chi connectivity index (χ4n) is 3.24. The molecule has 8 nitrogen and oxygen atoms in total. The normalized spacial score (nSPS) is 10.7. The van der Waals surface area contributed by atoms with E-state index in [4.69, 9.17) is 4.74 Å². The van der Waals surface area contributed by atoms with Gasteiger partial charge in [-0.3, -0.25) is 4.79 Å². The minimum atomic E-state index is -0.524. The number of amides is 1. The fraction of sp³-hybridized carbons (Fsp3) is 0.130. The Labute approximate surface area is 183 Å². The summed E-state index contributed by atoms with van der Waals surface area (Å²) in [5.74, 6) is -1.37. The minimum Gasteiger partial charge on any atom is -0.461 e. The van der Waals surface area contributed by atoms with Crippen LogP contribution in [0.1, 0.15) is 33.5 Å². The molecule has 9 heteroatoms. The monoisotopic (exact) mass is 433 g/mol. The number of benzene rings is 2. The number of nitrogens with one attached hydrogen (secondary N) is 1. The quantitative estimate of drug-likeness (QED) is 0.465. The molecule has 2 heterocycles. The molecule has 0 bridgehead atoms. The molecule has 0 atom stereocenters. The summed E-state index contributed by atoms with van der Waals surface area (Å²) in [7, 11) is 0. The van der Waals surface area contributed by atoms with Crippen LogP contribution < -0.4 is 5.32 Å². The summed E-state index contributed by atoms with van der Waals surface area (Å²) < 4.78 is 22.0. The van der Waals surface area contributed by atoms with Gasteiger partial charge in [-0.2, -0.15) is 10.2 Å². The van der Waals surface area contributed by atoms with E-state index in [1.165, 1.54) is 21.6 Å². The predicted octanol–water partition coefficient (Wildman–Crippen LogP) is 3.93. The second-order valence-electron chi connectivity index (χ2n) is 6.84. The van der Waals surface area contributed by atoms with E-state index >= 15 is 0 Å². The number of ether oxygens (including phenoxy) is 1. The third-order valence-electron chi connectivity index (χ3n) is 4.81. The Morgan fingerprint density at radius 2 is 1.78 bits per heavy atom. The zero-order chi connectivity index (χ0) is 22.7. The van der Waals surface area contributed by atoms with Gasteiger partial charge in [0, 0.05) is 6.20 Å². The Morgan fingerprint density at radius 1 is 1.06 bits per heavy atom. The van der Waals surface area contributed by atoms with Gasteiger partial charge >= 0.3 is 5.97 Å². The van der Waals surface area contributed by atoms with Crippen LogP contribution in [0.4, 0.5) is 10.1 Å². The molecule has 0 aliphatic carbocycles. The van der Waals surface area contributed by atoms with Gasteiger partial charge in [-0.05, 0) is 44.2 Å². The largest absolute Gasteiger partial charge is 0.461 e. The van der Waals surface area contributed by atoms with E-state index in [-0.39, 0.29) is 18.0 Å². The number of aromatic nitrogens is 4. The molecular formula is C23H20FN5O3. The molecule has 2 aromatic heterocycles. The molecule has 0 radical (unpaired) electrons. The van der Waals surface area contributed by atoms with E-state index in [9.17, 15) is 14.0 Å². The van der Waals surface area contributed by atoms with Gasteiger partial charge in [0.05, 0.1) is 35.4 Å². The van der Waals surface area contributed by atoms with Gasteiger partial charge in [0.1, 0.15) is 11.5 Å². The van der Waals surface area contributed by atoms with Gasteiger partial charge in [-0.25, -0.2) is 18.5 Å². The Kier molecular flexibility index (Phi) is 5.80. The van der Waals surface area contributed by atoms with Crippen LogP contribution >= 0.6 is 0 Å². The first-order valence-electron chi connectivity index (χ1n) is 9.92. The fourth-order valence-corrected chi connectivity index (χ4v) is 3.24. The van der Waals surface area contributed by atoms with Gasteiger partial charge in [-0.1, -0.05) is 24.3 Å². The molecule has 1 amide bonds. The van der Waals surface area contributed by atoms with Crippen molar-refractivity contribution in [1.82, 2.24) is 19.6 Å². The van der Waals surface area contributed by atoms with Crippen molar-refractivity contribution in [2.24, 2.45) is 0 Å². The van der Waals surface area contributed by atoms with Gasteiger partial charge in [0.2, 0.25) is 0 Å². The highest BCUT2D eigenvalue weighted by atomic mass is 19.1. The molecule has 0 aliphatic rings. The van der Waals surface area contributed by atoms with Crippen molar-refractivity contribution in [3.8, 4) is 11.4 Å². The summed E-state index contributed by atoms with van der Waals surface area (Å²) in [6.07, 6.45) is 3.01. The number of rotatable bonds is 6. The molecular weight excluding hydrogens is 413 g/mol. The van der Waals surface area contributed by atoms with Crippen LogP contribution in [0.3, 0.4) is 0 Å². The summed E-state index contributed by atoms with van der Waals surface area (Å²) in [6.45, 7) is 3.66. The lowest BCUT2D eigenvalue weighted by atomic mass is 10.2. The topological polar surface area (TPSA) is 91.0 Å². The number of esters is 1. The lowest BCUT2D eigenvalue weighted by Gasteiger charge is -2.11. The highest BCUT2D eigenvalue weighted by Crippen LogP contribution is 2.22. The number of hydrogen-bond donors (Lipinski definition) is 1. The first kappa shape index (κ1) is 21.0.